The summed E-state index contributed by atoms with van der Waals surface area (Å²) < 4.78 is 49.5. The van der Waals surface area contributed by atoms with Gasteiger partial charge in [0.05, 0.1) is 11.6 Å². The summed E-state index contributed by atoms with van der Waals surface area (Å²) in [7, 11) is 0. The summed E-state index contributed by atoms with van der Waals surface area (Å²) in [6, 6.07) is 8.17. The maximum absolute atomic E-state index is 12.8. The van der Waals surface area contributed by atoms with Crippen LogP contribution in [0.3, 0.4) is 0 Å². The first-order valence-corrected chi connectivity index (χ1v) is 10.7. The van der Waals surface area contributed by atoms with Gasteiger partial charge in [0, 0.05) is 23.4 Å². The van der Waals surface area contributed by atoms with Crippen LogP contribution in [0.2, 0.25) is 0 Å². The number of carbonyl (C=O) groups is 2. The molecule has 184 valence electrons. The Balaban J connectivity index is 1.75. The van der Waals surface area contributed by atoms with Crippen molar-refractivity contribution in [3.8, 4) is 5.75 Å². The lowest BCUT2D eigenvalue weighted by atomic mass is 9.89. The largest absolute Gasteiger partial charge is 0.487 e. The number of amides is 3. The Morgan fingerprint density at radius 2 is 1.62 bits per heavy atom. The Morgan fingerprint density at radius 3 is 2.21 bits per heavy atom. The van der Waals surface area contributed by atoms with E-state index in [1.54, 1.807) is 39.0 Å². The van der Waals surface area contributed by atoms with Gasteiger partial charge in [-0.1, -0.05) is 0 Å². The smallest absolute Gasteiger partial charge is 0.416 e. The summed E-state index contributed by atoms with van der Waals surface area (Å²) in [6.07, 6.45) is -4.64. The fourth-order valence-corrected chi connectivity index (χ4v) is 3.55. The Hall–Kier alpha value is -3.43. The van der Waals surface area contributed by atoms with E-state index in [-0.39, 0.29) is 5.69 Å². The van der Waals surface area contributed by atoms with Crippen LogP contribution in [0, 0.1) is 0 Å². The molecular formula is C24H28F3N3O4. The summed E-state index contributed by atoms with van der Waals surface area (Å²) in [4.78, 5) is 24.8. The molecule has 3 N–H and O–H groups in total. The number of alkyl halides is 3. The molecule has 0 aliphatic carbocycles. The molecule has 1 heterocycles. The third-order valence-electron chi connectivity index (χ3n) is 4.89. The zero-order chi connectivity index (χ0) is 25.3. The second kappa shape index (κ2) is 9.08. The number of carbonyl (C=O) groups excluding carboxylic acids is 2. The van der Waals surface area contributed by atoms with E-state index in [0.29, 0.717) is 23.4 Å². The molecule has 0 spiro atoms. The first-order chi connectivity index (χ1) is 15.6. The van der Waals surface area contributed by atoms with Crippen molar-refractivity contribution < 1.29 is 32.2 Å². The second-order valence-corrected chi connectivity index (χ2v) is 9.67. The standard InChI is InChI=1S/C24H28F3N3O4/c1-22(2,3)34-21(32)29-16-10-11-19-17(12-16)18(13-23(4,5)33-19)30-20(31)28-15-8-6-14(7-9-15)24(25,26)27/h6-12,18H,13H2,1-5H3,(H,29,32)(H2,28,30,31)/t18-/m0/s1. The van der Waals surface area contributed by atoms with Crippen LogP contribution in [-0.2, 0) is 10.9 Å². The van der Waals surface area contributed by atoms with Crippen LogP contribution in [0.4, 0.5) is 34.1 Å². The van der Waals surface area contributed by atoms with Crippen LogP contribution in [0.15, 0.2) is 42.5 Å². The molecule has 3 rings (SSSR count). The van der Waals surface area contributed by atoms with Gasteiger partial charge in [-0.15, -0.1) is 0 Å². The molecule has 0 saturated carbocycles. The molecule has 0 unspecified atom stereocenters. The number of rotatable bonds is 3. The molecule has 2 aromatic rings. The van der Waals surface area contributed by atoms with Crippen LogP contribution in [0.1, 0.15) is 58.2 Å². The van der Waals surface area contributed by atoms with Gasteiger partial charge in [0.1, 0.15) is 17.0 Å². The maximum Gasteiger partial charge on any atom is 0.416 e. The third-order valence-corrected chi connectivity index (χ3v) is 4.89. The van der Waals surface area contributed by atoms with Gasteiger partial charge < -0.3 is 20.1 Å². The highest BCUT2D eigenvalue weighted by atomic mass is 19.4. The lowest BCUT2D eigenvalue weighted by Crippen LogP contribution is -2.42. The summed E-state index contributed by atoms with van der Waals surface area (Å²) in [5, 5.41) is 8.06. The summed E-state index contributed by atoms with van der Waals surface area (Å²) >= 11 is 0. The molecule has 1 atom stereocenters. The van der Waals surface area contributed by atoms with Crippen LogP contribution in [0.5, 0.6) is 5.75 Å². The molecule has 10 heteroatoms. The Morgan fingerprint density at radius 1 is 1.00 bits per heavy atom. The van der Waals surface area contributed by atoms with Crippen LogP contribution in [-0.4, -0.2) is 23.3 Å². The number of hydrogen-bond donors (Lipinski definition) is 3. The first kappa shape index (κ1) is 25.2. The molecule has 2 aromatic carbocycles. The van der Waals surface area contributed by atoms with Crippen molar-refractivity contribution in [3.05, 3.63) is 53.6 Å². The number of anilines is 2. The molecule has 0 fully saturated rings. The van der Waals surface area contributed by atoms with E-state index < -0.39 is 41.1 Å². The van der Waals surface area contributed by atoms with E-state index in [1.165, 1.54) is 12.1 Å². The molecule has 34 heavy (non-hydrogen) atoms. The topological polar surface area (TPSA) is 88.7 Å². The lowest BCUT2D eigenvalue weighted by molar-refractivity contribution is -0.137. The summed E-state index contributed by atoms with van der Waals surface area (Å²) in [5.74, 6) is 0.547. The predicted molar refractivity (Wildman–Crippen MR) is 122 cm³/mol. The second-order valence-electron chi connectivity index (χ2n) is 9.67. The average molecular weight is 479 g/mol. The van der Waals surface area contributed by atoms with Crippen molar-refractivity contribution in [3.63, 3.8) is 0 Å². The van der Waals surface area contributed by atoms with Crippen molar-refractivity contribution in [2.24, 2.45) is 0 Å². The quantitative estimate of drug-likeness (QED) is 0.470. The number of benzene rings is 2. The van der Waals surface area contributed by atoms with Gasteiger partial charge in [-0.05, 0) is 77.1 Å². The summed E-state index contributed by atoms with van der Waals surface area (Å²) in [6.45, 7) is 9.02. The minimum absolute atomic E-state index is 0.220. The number of fused-ring (bicyclic) bond motifs is 1. The summed E-state index contributed by atoms with van der Waals surface area (Å²) in [5.41, 5.74) is -0.714. The molecule has 7 nitrogen and oxygen atoms in total. The fourth-order valence-electron chi connectivity index (χ4n) is 3.55. The van der Waals surface area contributed by atoms with E-state index in [9.17, 15) is 22.8 Å². The van der Waals surface area contributed by atoms with E-state index in [0.717, 1.165) is 12.1 Å². The molecule has 1 aliphatic heterocycles. The van der Waals surface area contributed by atoms with Gasteiger partial charge in [0.2, 0.25) is 0 Å². The van der Waals surface area contributed by atoms with Gasteiger partial charge in [-0.25, -0.2) is 9.59 Å². The molecule has 0 radical (unpaired) electrons. The zero-order valence-electron chi connectivity index (χ0n) is 19.6. The minimum Gasteiger partial charge on any atom is -0.487 e. The number of urea groups is 1. The van der Waals surface area contributed by atoms with Gasteiger partial charge in [-0.2, -0.15) is 13.2 Å². The Bertz CT molecular complexity index is 1060. The molecular weight excluding hydrogens is 451 g/mol. The van der Waals surface area contributed by atoms with Crippen LogP contribution in [0.25, 0.3) is 0 Å². The Labute approximate surface area is 196 Å². The van der Waals surface area contributed by atoms with E-state index >= 15 is 0 Å². The molecule has 0 aromatic heterocycles. The van der Waals surface area contributed by atoms with Crippen molar-refractivity contribution in [1.82, 2.24) is 5.32 Å². The highest BCUT2D eigenvalue weighted by Crippen LogP contribution is 2.41. The number of ether oxygens (including phenoxy) is 2. The normalized spacial score (nSPS) is 17.1. The molecule has 1 aliphatic rings. The van der Waals surface area contributed by atoms with E-state index in [4.69, 9.17) is 9.47 Å². The SMILES string of the molecule is CC(C)(C)OC(=O)Nc1ccc2c(c1)[C@@H](NC(=O)Nc1ccc(C(F)(F)F)cc1)CC(C)(C)O2. The molecule has 0 bridgehead atoms. The maximum atomic E-state index is 12.8. The highest BCUT2D eigenvalue weighted by Gasteiger charge is 2.35. The van der Waals surface area contributed by atoms with Crippen molar-refractivity contribution in [1.29, 1.82) is 0 Å². The third kappa shape index (κ3) is 6.79. The molecule has 0 saturated heterocycles. The van der Waals surface area contributed by atoms with E-state index in [1.807, 2.05) is 13.8 Å². The molecule has 3 amide bonds. The van der Waals surface area contributed by atoms with Gasteiger partial charge in [-0.3, -0.25) is 5.32 Å². The first-order valence-electron chi connectivity index (χ1n) is 10.7. The Kier molecular flexibility index (Phi) is 6.73. The lowest BCUT2D eigenvalue weighted by Gasteiger charge is -2.38. The van der Waals surface area contributed by atoms with Crippen LogP contribution >= 0.6 is 0 Å². The monoisotopic (exact) mass is 479 g/mol. The van der Waals surface area contributed by atoms with Gasteiger partial charge in [0.25, 0.3) is 0 Å². The van der Waals surface area contributed by atoms with Gasteiger partial charge >= 0.3 is 18.3 Å². The minimum atomic E-state index is -4.46. The number of nitrogens with one attached hydrogen (secondary N) is 3. The zero-order valence-corrected chi connectivity index (χ0v) is 19.6. The van der Waals surface area contributed by atoms with Crippen molar-refractivity contribution in [2.75, 3.05) is 10.6 Å². The van der Waals surface area contributed by atoms with Gasteiger partial charge in [0.15, 0.2) is 0 Å². The number of hydrogen-bond acceptors (Lipinski definition) is 4. The average Bonchev–Trinajstić information content (AvgIpc) is 2.66. The van der Waals surface area contributed by atoms with E-state index in [2.05, 4.69) is 16.0 Å². The highest BCUT2D eigenvalue weighted by molar-refractivity contribution is 5.90. The van der Waals surface area contributed by atoms with Crippen molar-refractivity contribution >= 4 is 23.5 Å². The van der Waals surface area contributed by atoms with Crippen molar-refractivity contribution in [2.45, 2.75) is 64.5 Å². The fraction of sp³-hybridized carbons (Fsp3) is 0.417. The van der Waals surface area contributed by atoms with Crippen LogP contribution < -0.4 is 20.7 Å². The number of halogens is 3. The predicted octanol–water partition coefficient (Wildman–Crippen LogP) is 6.48.